The van der Waals surface area contributed by atoms with E-state index in [0.717, 1.165) is 99.0 Å². The van der Waals surface area contributed by atoms with Gasteiger partial charge in [0.15, 0.2) is 0 Å². The van der Waals surface area contributed by atoms with Crippen molar-refractivity contribution < 1.29 is 41.9 Å². The van der Waals surface area contributed by atoms with Crippen LogP contribution in [0.15, 0.2) is 77.7 Å². The van der Waals surface area contributed by atoms with Crippen LogP contribution in [0.5, 0.6) is 0 Å². The number of H-pyrrole nitrogens is 1. The summed E-state index contributed by atoms with van der Waals surface area (Å²) in [5.41, 5.74) is 7.37. The number of piperazine rings is 1. The van der Waals surface area contributed by atoms with Gasteiger partial charge in [0.1, 0.15) is 6.04 Å². The van der Waals surface area contributed by atoms with Crippen LogP contribution in [0.25, 0.3) is 11.1 Å². The summed E-state index contributed by atoms with van der Waals surface area (Å²) < 4.78 is 40.7. The molecule has 0 aliphatic carbocycles. The van der Waals surface area contributed by atoms with Gasteiger partial charge in [-0.15, -0.1) is 0 Å². The number of nitrogens with two attached hydrogens (primary N) is 1. The first-order valence-electron chi connectivity index (χ1n) is 22.3. The molecule has 2 saturated heterocycles. The van der Waals surface area contributed by atoms with Gasteiger partial charge in [0.05, 0.1) is 33.6 Å². The maximum absolute atomic E-state index is 13.6. The summed E-state index contributed by atoms with van der Waals surface area (Å²) in [6, 6.07) is 17.4. The zero-order valence-corrected chi connectivity index (χ0v) is 36.4. The van der Waals surface area contributed by atoms with Gasteiger partial charge in [-0.25, -0.2) is 0 Å². The number of nitrogens with zero attached hydrogens (tertiary/aromatic N) is 3. The number of imide groups is 2. The molecule has 4 aromatic rings. The van der Waals surface area contributed by atoms with Crippen LogP contribution >= 0.6 is 0 Å². The molecule has 348 valence electrons. The van der Waals surface area contributed by atoms with Gasteiger partial charge >= 0.3 is 6.18 Å². The maximum atomic E-state index is 13.6. The quantitative estimate of drug-likeness (QED) is 0.0481. The zero-order chi connectivity index (χ0) is 47.0. The molecule has 0 radical (unpaired) electrons. The third-order valence-corrected chi connectivity index (χ3v) is 12.3. The molecule has 1 atom stereocenters. The molecule has 1 aromatic heterocycles. The van der Waals surface area contributed by atoms with Crippen LogP contribution in [0, 0.1) is 0 Å². The van der Waals surface area contributed by atoms with Crippen LogP contribution in [-0.4, -0.2) is 100 Å². The lowest BCUT2D eigenvalue weighted by Gasteiger charge is -2.34. The molecule has 7 rings (SSSR count). The third kappa shape index (κ3) is 11.6. The maximum Gasteiger partial charge on any atom is 0.417 e. The fourth-order valence-electron chi connectivity index (χ4n) is 8.75. The first-order valence-corrected chi connectivity index (χ1v) is 22.3. The van der Waals surface area contributed by atoms with E-state index >= 15 is 0 Å². The number of carbonyl (C=O) groups is 6. The van der Waals surface area contributed by atoms with E-state index < -0.39 is 58.4 Å². The Labute approximate surface area is 379 Å². The first kappa shape index (κ1) is 47.3. The van der Waals surface area contributed by atoms with Crippen LogP contribution in [0.4, 0.5) is 24.5 Å². The molecule has 1 unspecified atom stereocenters. The number of aromatic nitrogens is 1. The monoisotopic (exact) mass is 910 g/mol. The number of unbranched alkanes of at least 4 members (excludes halogenated alkanes) is 5. The number of aryl methyl sites for hydroxylation is 1. The molecule has 0 bridgehead atoms. The SMILES string of the molecule is Nc1ccc(-c2cccc(CN3CCN(CCNC(=O)CCCCCCCCc4cccc5c4C(=O)N(C4CCC(=O)NC4=O)C5=O)CC3)c2)cc1NC(=O)c1c[nH]c(=O)cc1C(F)(F)F. The molecule has 6 N–H and O–H groups in total. The lowest BCUT2D eigenvalue weighted by atomic mass is 9.97. The third-order valence-electron chi connectivity index (χ3n) is 12.3. The lowest BCUT2D eigenvalue weighted by molar-refractivity contribution is -0.138. The summed E-state index contributed by atoms with van der Waals surface area (Å²) in [6.07, 6.45) is 2.57. The average molecular weight is 911 g/mol. The minimum absolute atomic E-state index is 0.0389. The summed E-state index contributed by atoms with van der Waals surface area (Å²) >= 11 is 0. The second kappa shape index (κ2) is 21.1. The molecular formula is C48H53F3N8O7. The van der Waals surface area contributed by atoms with Gasteiger partial charge in [0, 0.05) is 70.9 Å². The number of carbonyl (C=O) groups excluding carboxylic acids is 6. The van der Waals surface area contributed by atoms with Crippen LogP contribution in [0.3, 0.4) is 0 Å². The van der Waals surface area contributed by atoms with Gasteiger partial charge < -0.3 is 21.4 Å². The van der Waals surface area contributed by atoms with Crippen molar-refractivity contribution in [1.82, 2.24) is 30.3 Å². The molecule has 2 fully saturated rings. The van der Waals surface area contributed by atoms with Crippen molar-refractivity contribution in [1.29, 1.82) is 0 Å². The molecule has 0 spiro atoms. The molecule has 0 saturated carbocycles. The first-order chi connectivity index (χ1) is 31.7. The number of nitrogens with one attached hydrogen (secondary N) is 4. The van der Waals surface area contributed by atoms with Crippen LogP contribution in [-0.2, 0) is 33.5 Å². The number of halogens is 3. The number of amides is 6. The molecule has 3 aliphatic heterocycles. The normalized spacial score (nSPS) is 16.9. The standard InChI is InChI=1S/C48H53F3N8O7/c49-48(50,51)36-27-42(62)54-28-35(36)44(63)55-38-26-33(15-16-37(38)52)32-12-7-9-30(25-32)29-58-23-21-57(22-24-58)20-19-53-40(60)14-6-4-2-1-3-5-10-31-11-8-13-34-43(31)47(66)59(46(34)65)39-17-18-41(61)56-45(39)64/h7-9,11-13,15-16,25-28,39H,1-6,10,14,17-24,29,52H2,(H,53,60)(H,54,62)(H,55,63)(H,56,61,64). The van der Waals surface area contributed by atoms with E-state index in [0.29, 0.717) is 48.7 Å². The Morgan fingerprint density at radius 3 is 2.27 bits per heavy atom. The largest absolute Gasteiger partial charge is 0.417 e. The van der Waals surface area contributed by atoms with Crippen LogP contribution in [0.2, 0.25) is 0 Å². The Hall–Kier alpha value is -6.66. The second-order valence-electron chi connectivity index (χ2n) is 17.0. The van der Waals surface area contributed by atoms with E-state index in [1.54, 1.807) is 30.3 Å². The molecule has 15 nitrogen and oxygen atoms in total. The molecule has 66 heavy (non-hydrogen) atoms. The van der Waals surface area contributed by atoms with E-state index in [1.165, 1.54) is 0 Å². The summed E-state index contributed by atoms with van der Waals surface area (Å²) in [4.78, 5) is 95.3. The number of hydrogen-bond donors (Lipinski definition) is 5. The average Bonchev–Trinajstić information content (AvgIpc) is 3.54. The molecule has 6 amide bonds. The van der Waals surface area contributed by atoms with Gasteiger partial charge in [0.2, 0.25) is 23.3 Å². The number of anilines is 2. The minimum Gasteiger partial charge on any atom is -0.397 e. The second-order valence-corrected chi connectivity index (χ2v) is 17.0. The highest BCUT2D eigenvalue weighted by atomic mass is 19.4. The summed E-state index contributed by atoms with van der Waals surface area (Å²) in [5.74, 6) is -3.04. The molecular weight excluding hydrogens is 858 g/mol. The van der Waals surface area contributed by atoms with Crippen molar-refractivity contribution in [2.75, 3.05) is 50.3 Å². The van der Waals surface area contributed by atoms with Crippen LogP contribution < -0.4 is 27.2 Å². The molecule has 4 heterocycles. The van der Waals surface area contributed by atoms with Crippen molar-refractivity contribution in [3.8, 4) is 11.1 Å². The van der Waals surface area contributed by atoms with Crippen molar-refractivity contribution in [2.45, 2.75) is 83.0 Å². The van der Waals surface area contributed by atoms with Gasteiger partial charge in [-0.2, -0.15) is 13.2 Å². The number of pyridine rings is 1. The Morgan fingerprint density at radius 2 is 1.52 bits per heavy atom. The van der Waals surface area contributed by atoms with E-state index in [1.807, 2.05) is 30.3 Å². The van der Waals surface area contributed by atoms with Gasteiger partial charge in [0.25, 0.3) is 17.7 Å². The van der Waals surface area contributed by atoms with Crippen LogP contribution in [0.1, 0.15) is 106 Å². The number of nitrogen functional groups attached to an aromatic ring is 1. The number of benzene rings is 3. The Balaban J connectivity index is 0.765. The predicted octanol–water partition coefficient (Wildman–Crippen LogP) is 5.50. The summed E-state index contributed by atoms with van der Waals surface area (Å²) in [6.45, 7) is 5.42. The van der Waals surface area contributed by atoms with E-state index in [2.05, 4.69) is 30.7 Å². The number of hydrogen-bond acceptors (Lipinski definition) is 10. The predicted molar refractivity (Wildman–Crippen MR) is 240 cm³/mol. The van der Waals surface area contributed by atoms with Crippen molar-refractivity contribution >= 4 is 46.8 Å². The Morgan fingerprint density at radius 1 is 0.803 bits per heavy atom. The van der Waals surface area contributed by atoms with Crippen molar-refractivity contribution in [3.63, 3.8) is 0 Å². The molecule has 3 aromatic carbocycles. The number of piperidine rings is 1. The lowest BCUT2D eigenvalue weighted by Crippen LogP contribution is -2.54. The fourth-order valence-corrected chi connectivity index (χ4v) is 8.75. The minimum atomic E-state index is -4.91. The van der Waals surface area contributed by atoms with E-state index in [4.69, 9.17) is 5.73 Å². The molecule has 18 heteroatoms. The molecule has 3 aliphatic rings. The fraction of sp³-hybridized carbons (Fsp3) is 0.396. The highest BCUT2D eigenvalue weighted by Crippen LogP contribution is 2.34. The van der Waals surface area contributed by atoms with Gasteiger partial charge in [-0.3, -0.25) is 53.6 Å². The topological polar surface area (TPSA) is 207 Å². The van der Waals surface area contributed by atoms with Gasteiger partial charge in [-0.1, -0.05) is 62.1 Å². The number of alkyl halides is 3. The smallest absolute Gasteiger partial charge is 0.397 e. The van der Waals surface area contributed by atoms with E-state index in [9.17, 15) is 46.7 Å². The summed E-state index contributed by atoms with van der Waals surface area (Å²) in [5, 5.41) is 7.74. The van der Waals surface area contributed by atoms with Gasteiger partial charge in [-0.05, 0) is 72.2 Å². The number of rotatable bonds is 18. The number of aromatic amines is 1. The Bertz CT molecular complexity index is 2550. The van der Waals surface area contributed by atoms with E-state index in [-0.39, 0.29) is 30.1 Å². The number of fused-ring (bicyclic) bond motifs is 1. The highest BCUT2D eigenvalue weighted by Gasteiger charge is 2.45. The van der Waals surface area contributed by atoms with Crippen molar-refractivity contribution in [3.05, 3.63) is 117 Å². The zero-order valence-electron chi connectivity index (χ0n) is 36.4. The van der Waals surface area contributed by atoms with Crippen molar-refractivity contribution in [2.24, 2.45) is 0 Å². The highest BCUT2D eigenvalue weighted by molar-refractivity contribution is 6.24. The summed E-state index contributed by atoms with van der Waals surface area (Å²) in [7, 11) is 0. The Kier molecular flexibility index (Phi) is 15.1.